The minimum Gasteiger partial charge on any atom is -0.462 e. The zero-order chi connectivity index (χ0) is 55.7. The van der Waals surface area contributed by atoms with Gasteiger partial charge in [0.15, 0.2) is 6.10 Å². The van der Waals surface area contributed by atoms with Crippen molar-refractivity contribution in [1.29, 1.82) is 0 Å². The molecule has 0 radical (unpaired) electrons. The first-order valence-electron chi connectivity index (χ1n) is 34.1. The van der Waals surface area contributed by atoms with Gasteiger partial charge in [0.1, 0.15) is 13.2 Å². The molecule has 0 heterocycles. The van der Waals surface area contributed by atoms with E-state index in [1.54, 1.807) is 0 Å². The van der Waals surface area contributed by atoms with Gasteiger partial charge in [-0.3, -0.25) is 14.4 Å². The normalized spacial score (nSPS) is 12.3. The molecule has 6 heteroatoms. The molecule has 0 saturated carbocycles. The molecule has 450 valence electrons. The minimum absolute atomic E-state index is 0.0697. The minimum atomic E-state index is -0.770. The van der Waals surface area contributed by atoms with Crippen LogP contribution in [0.25, 0.3) is 0 Å². The maximum atomic E-state index is 12.9. The Balaban J connectivity index is 4.03. The number of allylic oxidation sites excluding steroid dienone is 8. The monoisotopic (exact) mass is 1080 g/mol. The van der Waals surface area contributed by atoms with Gasteiger partial charge in [-0.2, -0.15) is 0 Å². The first-order chi connectivity index (χ1) is 38.0. The highest BCUT2D eigenvalue weighted by atomic mass is 16.6. The number of hydrogen-bond acceptors (Lipinski definition) is 6. The molecular formula is C71H130O6. The standard InChI is InChI=1S/C71H130O6/c1-4-7-10-13-16-18-20-22-24-26-28-30-31-32-33-34-35-36-37-38-39-41-42-44-46-48-50-52-55-58-61-64-70(73)76-67-68(66-75-69(72)63-60-57-54-15-12-9-6-3)77-71(74)65-62-59-56-53-51-49-47-45-43-40-29-27-25-23-21-19-17-14-11-8-5-2/h20,22,26-29,31-32,68H,4-19,21,23-25,30,33-67H2,1-3H3/b22-20-,28-26-,29-27-,32-31-. The van der Waals surface area contributed by atoms with Crippen molar-refractivity contribution in [2.45, 2.75) is 374 Å². The maximum absolute atomic E-state index is 12.9. The van der Waals surface area contributed by atoms with Crippen LogP contribution >= 0.6 is 0 Å². The number of carbonyl (C=O) groups is 3. The van der Waals surface area contributed by atoms with Crippen molar-refractivity contribution < 1.29 is 28.6 Å². The fourth-order valence-corrected chi connectivity index (χ4v) is 10.2. The van der Waals surface area contributed by atoms with Gasteiger partial charge in [-0.1, -0.05) is 313 Å². The quantitative estimate of drug-likeness (QED) is 0.0261. The predicted octanol–water partition coefficient (Wildman–Crippen LogP) is 23.3. The molecule has 6 nitrogen and oxygen atoms in total. The second-order valence-electron chi connectivity index (χ2n) is 23.1. The highest BCUT2D eigenvalue weighted by molar-refractivity contribution is 5.71. The molecule has 0 aliphatic heterocycles. The van der Waals surface area contributed by atoms with Crippen molar-refractivity contribution in [2.24, 2.45) is 0 Å². The topological polar surface area (TPSA) is 78.9 Å². The van der Waals surface area contributed by atoms with Crippen LogP contribution in [0.1, 0.15) is 367 Å². The van der Waals surface area contributed by atoms with Gasteiger partial charge in [0.2, 0.25) is 0 Å². The number of carbonyl (C=O) groups excluding carboxylic acids is 3. The number of ether oxygens (including phenoxy) is 3. The third kappa shape index (κ3) is 64.1. The van der Waals surface area contributed by atoms with Gasteiger partial charge < -0.3 is 14.2 Å². The van der Waals surface area contributed by atoms with Crippen molar-refractivity contribution in [2.75, 3.05) is 13.2 Å². The summed E-state index contributed by atoms with van der Waals surface area (Å²) in [4.78, 5) is 38.1. The van der Waals surface area contributed by atoms with E-state index in [0.717, 1.165) is 70.6 Å². The van der Waals surface area contributed by atoms with Crippen LogP contribution in [0.3, 0.4) is 0 Å². The van der Waals surface area contributed by atoms with Crippen LogP contribution in [0.2, 0.25) is 0 Å². The summed E-state index contributed by atoms with van der Waals surface area (Å²) in [5.74, 6) is -0.858. The second kappa shape index (κ2) is 65.9. The van der Waals surface area contributed by atoms with Gasteiger partial charge in [-0.25, -0.2) is 0 Å². The van der Waals surface area contributed by atoms with E-state index in [4.69, 9.17) is 14.2 Å². The fraction of sp³-hybridized carbons (Fsp3) is 0.845. The smallest absolute Gasteiger partial charge is 0.306 e. The largest absolute Gasteiger partial charge is 0.462 e. The van der Waals surface area contributed by atoms with E-state index < -0.39 is 6.10 Å². The number of esters is 3. The Morgan fingerprint density at radius 3 is 0.740 bits per heavy atom. The van der Waals surface area contributed by atoms with Gasteiger partial charge in [0.05, 0.1) is 0 Å². The Bertz CT molecular complexity index is 1330. The molecule has 0 aromatic rings. The van der Waals surface area contributed by atoms with E-state index in [1.807, 2.05) is 0 Å². The zero-order valence-corrected chi connectivity index (χ0v) is 51.7. The molecule has 0 rings (SSSR count). The Morgan fingerprint density at radius 1 is 0.260 bits per heavy atom. The molecule has 0 aliphatic rings. The van der Waals surface area contributed by atoms with Crippen LogP contribution in [0.15, 0.2) is 48.6 Å². The molecular weight excluding hydrogens is 949 g/mol. The summed E-state index contributed by atoms with van der Waals surface area (Å²) in [6.45, 7) is 6.64. The SMILES string of the molecule is CCCCCCC/C=C\C/C=C\C/C=C\CCCCCCCCCCCCCCCCCCC(=O)OCC(COC(=O)CCCCCCCCC)OC(=O)CCCCCCCCCCC/C=C\CCCCCCCCCC. The predicted molar refractivity (Wildman–Crippen MR) is 335 cm³/mol. The van der Waals surface area contributed by atoms with Gasteiger partial charge in [-0.05, 0) is 83.5 Å². The first kappa shape index (κ1) is 74.4. The second-order valence-corrected chi connectivity index (χ2v) is 23.1. The van der Waals surface area contributed by atoms with Crippen LogP contribution in [0.5, 0.6) is 0 Å². The lowest BCUT2D eigenvalue weighted by molar-refractivity contribution is -0.167. The number of unbranched alkanes of at least 4 members (excludes halogenated alkanes) is 44. The molecule has 0 aromatic heterocycles. The summed E-state index contributed by atoms with van der Waals surface area (Å²) in [5, 5.41) is 0. The van der Waals surface area contributed by atoms with Crippen molar-refractivity contribution >= 4 is 17.9 Å². The molecule has 0 spiro atoms. The van der Waals surface area contributed by atoms with E-state index in [-0.39, 0.29) is 31.1 Å². The fourth-order valence-electron chi connectivity index (χ4n) is 10.2. The van der Waals surface area contributed by atoms with Crippen LogP contribution in [0, 0.1) is 0 Å². The van der Waals surface area contributed by atoms with Gasteiger partial charge >= 0.3 is 17.9 Å². The molecule has 0 amide bonds. The molecule has 0 fully saturated rings. The van der Waals surface area contributed by atoms with Crippen molar-refractivity contribution in [3.63, 3.8) is 0 Å². The van der Waals surface area contributed by atoms with Crippen LogP contribution in [-0.4, -0.2) is 37.2 Å². The molecule has 0 aliphatic carbocycles. The van der Waals surface area contributed by atoms with Crippen molar-refractivity contribution in [3.05, 3.63) is 48.6 Å². The Kier molecular flexibility index (Phi) is 63.6. The maximum Gasteiger partial charge on any atom is 0.306 e. The third-order valence-electron chi connectivity index (χ3n) is 15.3. The lowest BCUT2D eigenvalue weighted by Crippen LogP contribution is -2.30. The van der Waals surface area contributed by atoms with Crippen LogP contribution in [0.4, 0.5) is 0 Å². The van der Waals surface area contributed by atoms with E-state index in [1.165, 1.54) is 257 Å². The van der Waals surface area contributed by atoms with E-state index in [9.17, 15) is 14.4 Å². The summed E-state index contributed by atoms with van der Waals surface area (Å²) >= 11 is 0. The van der Waals surface area contributed by atoms with Gasteiger partial charge in [-0.15, -0.1) is 0 Å². The van der Waals surface area contributed by atoms with E-state index in [0.29, 0.717) is 19.3 Å². The van der Waals surface area contributed by atoms with E-state index in [2.05, 4.69) is 69.4 Å². The summed E-state index contributed by atoms with van der Waals surface area (Å²) in [6, 6.07) is 0. The Hall–Kier alpha value is -2.63. The average Bonchev–Trinajstić information content (AvgIpc) is 3.43. The summed E-state index contributed by atoms with van der Waals surface area (Å²) in [6.07, 6.45) is 83.1. The summed E-state index contributed by atoms with van der Waals surface area (Å²) < 4.78 is 16.9. The molecule has 0 bridgehead atoms. The highest BCUT2D eigenvalue weighted by Gasteiger charge is 2.19. The van der Waals surface area contributed by atoms with Gasteiger partial charge in [0.25, 0.3) is 0 Å². The molecule has 0 N–H and O–H groups in total. The summed E-state index contributed by atoms with van der Waals surface area (Å²) in [7, 11) is 0. The lowest BCUT2D eigenvalue weighted by atomic mass is 10.0. The highest BCUT2D eigenvalue weighted by Crippen LogP contribution is 2.18. The van der Waals surface area contributed by atoms with Crippen molar-refractivity contribution in [1.82, 2.24) is 0 Å². The molecule has 0 saturated heterocycles. The summed E-state index contributed by atoms with van der Waals surface area (Å²) in [5.41, 5.74) is 0. The Morgan fingerprint density at radius 2 is 0.468 bits per heavy atom. The first-order valence-corrected chi connectivity index (χ1v) is 34.1. The van der Waals surface area contributed by atoms with Crippen molar-refractivity contribution in [3.8, 4) is 0 Å². The van der Waals surface area contributed by atoms with Crippen LogP contribution in [-0.2, 0) is 28.6 Å². The Labute approximate surface area is 479 Å². The number of rotatable bonds is 63. The van der Waals surface area contributed by atoms with E-state index >= 15 is 0 Å². The molecule has 0 aromatic carbocycles. The van der Waals surface area contributed by atoms with Crippen LogP contribution < -0.4 is 0 Å². The lowest BCUT2D eigenvalue weighted by Gasteiger charge is -2.18. The third-order valence-corrected chi connectivity index (χ3v) is 15.3. The number of hydrogen-bond donors (Lipinski definition) is 0. The molecule has 1 unspecified atom stereocenters. The zero-order valence-electron chi connectivity index (χ0n) is 51.7. The molecule has 1 atom stereocenters. The van der Waals surface area contributed by atoms with Gasteiger partial charge in [0, 0.05) is 19.3 Å². The molecule has 77 heavy (non-hydrogen) atoms. The average molecular weight is 1080 g/mol.